The standard InChI is InChI=1S/C15H21NO4/c1-10(2)7-15(3,18)8-16-14(17)11-4-5-12-13(6-11)20-9-19-12/h4-6,10,18H,7-9H2,1-3H3,(H,16,17). The lowest BCUT2D eigenvalue weighted by Crippen LogP contribution is -2.41. The topological polar surface area (TPSA) is 67.8 Å². The van der Waals surface area contributed by atoms with Crippen LogP contribution in [0.4, 0.5) is 0 Å². The normalized spacial score (nSPS) is 16.1. The summed E-state index contributed by atoms with van der Waals surface area (Å²) in [7, 11) is 0. The predicted octanol–water partition coefficient (Wildman–Crippen LogP) is 1.94. The van der Waals surface area contributed by atoms with Crippen molar-refractivity contribution in [1.82, 2.24) is 5.32 Å². The molecular formula is C15H21NO4. The van der Waals surface area contributed by atoms with Gasteiger partial charge in [-0.3, -0.25) is 4.79 Å². The van der Waals surface area contributed by atoms with Gasteiger partial charge in [0.1, 0.15) is 0 Å². The number of aliphatic hydroxyl groups is 1. The molecule has 0 bridgehead atoms. The minimum atomic E-state index is -0.903. The Bertz CT molecular complexity index is 497. The van der Waals surface area contributed by atoms with Crippen molar-refractivity contribution < 1.29 is 19.4 Å². The molecule has 1 unspecified atom stereocenters. The average molecular weight is 279 g/mol. The number of amides is 1. The second-order valence-corrected chi connectivity index (χ2v) is 5.85. The third kappa shape index (κ3) is 3.63. The van der Waals surface area contributed by atoms with Crippen molar-refractivity contribution in [2.24, 2.45) is 5.92 Å². The van der Waals surface area contributed by atoms with Crippen molar-refractivity contribution >= 4 is 5.91 Å². The first-order valence-corrected chi connectivity index (χ1v) is 6.77. The van der Waals surface area contributed by atoms with Gasteiger partial charge in [0.05, 0.1) is 5.60 Å². The van der Waals surface area contributed by atoms with Gasteiger partial charge in [-0.15, -0.1) is 0 Å². The lowest BCUT2D eigenvalue weighted by atomic mass is 9.94. The van der Waals surface area contributed by atoms with Crippen LogP contribution in [0.25, 0.3) is 0 Å². The van der Waals surface area contributed by atoms with Crippen LogP contribution in [0.15, 0.2) is 18.2 Å². The molecule has 0 saturated carbocycles. The van der Waals surface area contributed by atoms with Crippen LogP contribution in [-0.2, 0) is 0 Å². The largest absolute Gasteiger partial charge is 0.454 e. The Balaban J connectivity index is 1.95. The van der Waals surface area contributed by atoms with E-state index in [-0.39, 0.29) is 19.2 Å². The number of nitrogens with one attached hydrogen (secondary N) is 1. The van der Waals surface area contributed by atoms with Crippen molar-refractivity contribution in [3.05, 3.63) is 23.8 Å². The number of benzene rings is 1. The molecule has 20 heavy (non-hydrogen) atoms. The predicted molar refractivity (Wildman–Crippen MR) is 75.0 cm³/mol. The molecule has 110 valence electrons. The molecule has 1 atom stereocenters. The first-order valence-electron chi connectivity index (χ1n) is 6.77. The van der Waals surface area contributed by atoms with Gasteiger partial charge in [0.15, 0.2) is 11.5 Å². The van der Waals surface area contributed by atoms with Crippen molar-refractivity contribution in [3.8, 4) is 11.5 Å². The first kappa shape index (κ1) is 14.7. The second-order valence-electron chi connectivity index (χ2n) is 5.85. The Morgan fingerprint density at radius 1 is 1.40 bits per heavy atom. The quantitative estimate of drug-likeness (QED) is 0.864. The Morgan fingerprint density at radius 3 is 2.80 bits per heavy atom. The zero-order valence-corrected chi connectivity index (χ0v) is 12.1. The third-order valence-corrected chi connectivity index (χ3v) is 3.11. The molecule has 1 aliphatic heterocycles. The maximum absolute atomic E-state index is 12.1. The Hall–Kier alpha value is -1.75. The van der Waals surface area contributed by atoms with E-state index in [4.69, 9.17) is 9.47 Å². The van der Waals surface area contributed by atoms with E-state index in [0.717, 1.165) is 0 Å². The van der Waals surface area contributed by atoms with Crippen molar-refractivity contribution in [2.75, 3.05) is 13.3 Å². The Morgan fingerprint density at radius 2 is 2.10 bits per heavy atom. The van der Waals surface area contributed by atoms with E-state index in [0.29, 0.717) is 29.4 Å². The molecule has 0 spiro atoms. The highest BCUT2D eigenvalue weighted by Crippen LogP contribution is 2.32. The molecule has 1 aliphatic rings. The Labute approximate surface area is 118 Å². The number of ether oxygens (including phenoxy) is 2. The maximum atomic E-state index is 12.1. The van der Waals surface area contributed by atoms with Gasteiger partial charge in [-0.05, 0) is 37.5 Å². The zero-order chi connectivity index (χ0) is 14.8. The van der Waals surface area contributed by atoms with E-state index in [2.05, 4.69) is 5.32 Å². The molecule has 5 nitrogen and oxygen atoms in total. The van der Waals surface area contributed by atoms with Gasteiger partial charge in [0.2, 0.25) is 6.79 Å². The lowest BCUT2D eigenvalue weighted by molar-refractivity contribution is 0.0368. The second kappa shape index (κ2) is 5.71. The summed E-state index contributed by atoms with van der Waals surface area (Å²) in [6.45, 7) is 6.21. The molecule has 1 aromatic carbocycles. The van der Waals surface area contributed by atoms with Crippen LogP contribution < -0.4 is 14.8 Å². The molecular weight excluding hydrogens is 258 g/mol. The summed E-state index contributed by atoms with van der Waals surface area (Å²) < 4.78 is 10.4. The van der Waals surface area contributed by atoms with E-state index in [1.54, 1.807) is 25.1 Å². The highest BCUT2D eigenvalue weighted by molar-refractivity contribution is 5.94. The van der Waals surface area contributed by atoms with Crippen molar-refractivity contribution in [2.45, 2.75) is 32.8 Å². The van der Waals surface area contributed by atoms with E-state index in [1.807, 2.05) is 13.8 Å². The summed E-state index contributed by atoms with van der Waals surface area (Å²) >= 11 is 0. The van der Waals surface area contributed by atoms with Gasteiger partial charge in [0, 0.05) is 12.1 Å². The fourth-order valence-electron chi connectivity index (χ4n) is 2.36. The van der Waals surface area contributed by atoms with Crippen molar-refractivity contribution in [3.63, 3.8) is 0 Å². The minimum Gasteiger partial charge on any atom is -0.454 e. The first-order chi connectivity index (χ1) is 9.37. The van der Waals surface area contributed by atoms with Crippen LogP contribution >= 0.6 is 0 Å². The van der Waals surface area contributed by atoms with Crippen molar-refractivity contribution in [1.29, 1.82) is 0 Å². The summed E-state index contributed by atoms with van der Waals surface area (Å²) in [6, 6.07) is 5.04. The Kier molecular flexibility index (Phi) is 4.18. The molecule has 1 heterocycles. The van der Waals surface area contributed by atoms with Gasteiger partial charge in [-0.2, -0.15) is 0 Å². The fourth-order valence-corrected chi connectivity index (χ4v) is 2.36. The van der Waals surface area contributed by atoms with Crippen LogP contribution in [0.2, 0.25) is 0 Å². The summed E-state index contributed by atoms with van der Waals surface area (Å²) in [4.78, 5) is 12.1. The van der Waals surface area contributed by atoms with Gasteiger partial charge >= 0.3 is 0 Å². The number of hydrogen-bond acceptors (Lipinski definition) is 4. The van der Waals surface area contributed by atoms with E-state index in [1.165, 1.54) is 0 Å². The average Bonchev–Trinajstić information content (AvgIpc) is 2.81. The lowest BCUT2D eigenvalue weighted by Gasteiger charge is -2.25. The number of carbonyl (C=O) groups excluding carboxylic acids is 1. The monoisotopic (exact) mass is 279 g/mol. The molecule has 1 aromatic rings. The molecule has 0 aromatic heterocycles. The molecule has 0 saturated heterocycles. The van der Waals surface area contributed by atoms with Crippen LogP contribution in [0.5, 0.6) is 11.5 Å². The number of hydrogen-bond donors (Lipinski definition) is 2. The summed E-state index contributed by atoms with van der Waals surface area (Å²) in [5.74, 6) is 1.36. The zero-order valence-electron chi connectivity index (χ0n) is 12.1. The number of rotatable bonds is 5. The molecule has 5 heteroatoms. The number of carbonyl (C=O) groups is 1. The SMILES string of the molecule is CC(C)CC(C)(O)CNC(=O)c1ccc2c(c1)OCO2. The van der Waals surface area contributed by atoms with Gasteiger partial charge in [0.25, 0.3) is 5.91 Å². The van der Waals surface area contributed by atoms with Crippen LogP contribution in [0.3, 0.4) is 0 Å². The van der Waals surface area contributed by atoms with Crippen LogP contribution in [0.1, 0.15) is 37.6 Å². The van der Waals surface area contributed by atoms with Gasteiger partial charge in [-0.1, -0.05) is 13.8 Å². The summed E-state index contributed by atoms with van der Waals surface area (Å²) in [6.07, 6.45) is 0.633. The summed E-state index contributed by atoms with van der Waals surface area (Å²) in [5, 5.41) is 12.9. The molecule has 0 fully saturated rings. The smallest absolute Gasteiger partial charge is 0.251 e. The minimum absolute atomic E-state index is 0.184. The molecule has 1 amide bonds. The van der Waals surface area contributed by atoms with Crippen LogP contribution in [-0.4, -0.2) is 30.0 Å². The molecule has 0 aliphatic carbocycles. The maximum Gasteiger partial charge on any atom is 0.251 e. The fraction of sp³-hybridized carbons (Fsp3) is 0.533. The summed E-state index contributed by atoms with van der Waals surface area (Å²) in [5.41, 5.74) is -0.408. The number of fused-ring (bicyclic) bond motifs is 1. The van der Waals surface area contributed by atoms with E-state index in [9.17, 15) is 9.90 Å². The van der Waals surface area contributed by atoms with Crippen LogP contribution in [0, 0.1) is 5.92 Å². The highest BCUT2D eigenvalue weighted by atomic mass is 16.7. The molecule has 0 radical (unpaired) electrons. The third-order valence-electron chi connectivity index (χ3n) is 3.11. The van der Waals surface area contributed by atoms with Gasteiger partial charge in [-0.25, -0.2) is 0 Å². The van der Waals surface area contributed by atoms with Gasteiger partial charge < -0.3 is 19.9 Å². The van der Waals surface area contributed by atoms with E-state index >= 15 is 0 Å². The molecule has 2 N–H and O–H groups in total. The highest BCUT2D eigenvalue weighted by Gasteiger charge is 2.23. The molecule has 2 rings (SSSR count). The van der Waals surface area contributed by atoms with E-state index < -0.39 is 5.60 Å².